The van der Waals surface area contributed by atoms with E-state index in [1.807, 2.05) is 12.1 Å². The van der Waals surface area contributed by atoms with Crippen LogP contribution in [-0.4, -0.2) is 61.1 Å². The predicted octanol–water partition coefficient (Wildman–Crippen LogP) is 1.12. The monoisotopic (exact) mass is 452 g/mol. The minimum atomic E-state index is -0.679. The van der Waals surface area contributed by atoms with Gasteiger partial charge in [-0.05, 0) is 49.8 Å². The van der Waals surface area contributed by atoms with E-state index < -0.39 is 6.04 Å². The summed E-state index contributed by atoms with van der Waals surface area (Å²) in [6, 6.07) is 5.55. The van der Waals surface area contributed by atoms with Gasteiger partial charge in [-0.2, -0.15) is 0 Å². The summed E-state index contributed by atoms with van der Waals surface area (Å²) in [6.45, 7) is 1.10. The zero-order chi connectivity index (χ0) is 23.6. The summed E-state index contributed by atoms with van der Waals surface area (Å²) in [4.78, 5) is 48.2. The number of nitrogens with one attached hydrogen (secondary N) is 3. The molecule has 3 amide bonds. The number of carbonyl (C=O) groups excluding carboxylic acids is 4. The Morgan fingerprint density at radius 1 is 1.21 bits per heavy atom. The number of aldehydes is 1. The summed E-state index contributed by atoms with van der Waals surface area (Å²) in [5.74, 6) is 5.93. The number of rotatable bonds is 10. The molecule has 3 rings (SSSR count). The van der Waals surface area contributed by atoms with Crippen molar-refractivity contribution in [3.63, 3.8) is 0 Å². The quantitative estimate of drug-likeness (QED) is 0.280. The van der Waals surface area contributed by atoms with Crippen LogP contribution in [0.15, 0.2) is 18.2 Å². The molecule has 1 heterocycles. The van der Waals surface area contributed by atoms with Crippen molar-refractivity contribution in [1.82, 2.24) is 20.9 Å². The molecule has 2 aliphatic rings. The van der Waals surface area contributed by atoms with Crippen molar-refractivity contribution in [3.05, 3.63) is 34.9 Å². The fourth-order valence-corrected chi connectivity index (χ4v) is 4.60. The van der Waals surface area contributed by atoms with E-state index in [2.05, 4.69) is 27.8 Å². The number of fused-ring (bicyclic) bond motifs is 1. The van der Waals surface area contributed by atoms with Crippen molar-refractivity contribution < 1.29 is 19.2 Å². The van der Waals surface area contributed by atoms with E-state index in [-0.39, 0.29) is 18.2 Å². The molecule has 8 heteroatoms. The van der Waals surface area contributed by atoms with Gasteiger partial charge < -0.3 is 25.6 Å². The lowest BCUT2D eigenvalue weighted by atomic mass is 9.91. The third-order valence-corrected chi connectivity index (χ3v) is 6.42. The van der Waals surface area contributed by atoms with E-state index >= 15 is 0 Å². The molecule has 1 unspecified atom stereocenters. The van der Waals surface area contributed by atoms with Crippen LogP contribution in [0, 0.1) is 11.8 Å². The Bertz CT molecular complexity index is 928. The van der Waals surface area contributed by atoms with Gasteiger partial charge >= 0.3 is 0 Å². The summed E-state index contributed by atoms with van der Waals surface area (Å²) in [5, 5.41) is 8.99. The van der Waals surface area contributed by atoms with Crippen LogP contribution >= 0.6 is 0 Å². The van der Waals surface area contributed by atoms with E-state index in [9.17, 15) is 19.2 Å². The van der Waals surface area contributed by atoms with Gasteiger partial charge in [0.15, 0.2) is 0 Å². The van der Waals surface area contributed by atoms with Crippen LogP contribution in [0.25, 0.3) is 0 Å². The van der Waals surface area contributed by atoms with E-state index in [0.717, 1.165) is 56.1 Å². The minimum absolute atomic E-state index is 0.200. The fourth-order valence-electron chi connectivity index (χ4n) is 4.60. The Labute approximate surface area is 194 Å². The second kappa shape index (κ2) is 12.2. The van der Waals surface area contributed by atoms with Crippen molar-refractivity contribution in [1.29, 1.82) is 0 Å². The molecule has 0 radical (unpaired) electrons. The molecule has 1 aromatic carbocycles. The van der Waals surface area contributed by atoms with Gasteiger partial charge in [0, 0.05) is 56.2 Å². The van der Waals surface area contributed by atoms with Gasteiger partial charge in [0.2, 0.25) is 12.3 Å². The van der Waals surface area contributed by atoms with Gasteiger partial charge in [-0.15, -0.1) is 0 Å². The number of hydrogen-bond acceptors (Lipinski definition) is 5. The summed E-state index contributed by atoms with van der Waals surface area (Å²) in [7, 11) is 1.53. The molecular weight excluding hydrogens is 420 g/mol. The highest BCUT2D eigenvalue weighted by Crippen LogP contribution is 2.28. The van der Waals surface area contributed by atoms with E-state index in [0.29, 0.717) is 37.0 Å². The first-order valence-electron chi connectivity index (χ1n) is 11.6. The fraction of sp³-hybridized carbons (Fsp3) is 0.520. The second-order valence-corrected chi connectivity index (χ2v) is 8.48. The average molecular weight is 453 g/mol. The van der Waals surface area contributed by atoms with Crippen LogP contribution in [0.4, 0.5) is 0 Å². The lowest BCUT2D eigenvalue weighted by molar-refractivity contribution is -0.125. The van der Waals surface area contributed by atoms with Gasteiger partial charge in [-0.1, -0.05) is 17.9 Å². The molecule has 0 saturated heterocycles. The van der Waals surface area contributed by atoms with Gasteiger partial charge in [-0.3, -0.25) is 14.4 Å². The van der Waals surface area contributed by atoms with Crippen molar-refractivity contribution in [2.45, 2.75) is 69.6 Å². The summed E-state index contributed by atoms with van der Waals surface area (Å²) < 4.78 is 0. The number of hydrogen-bond donors (Lipinski definition) is 3. The lowest BCUT2D eigenvalue weighted by Gasteiger charge is -2.28. The molecule has 0 bridgehead atoms. The molecule has 0 spiro atoms. The number of carbonyl (C=O) groups is 4. The van der Waals surface area contributed by atoms with Crippen molar-refractivity contribution in [2.75, 3.05) is 13.6 Å². The highest BCUT2D eigenvalue weighted by atomic mass is 16.2. The minimum Gasteiger partial charge on any atom is -0.357 e. The highest BCUT2D eigenvalue weighted by Gasteiger charge is 2.36. The van der Waals surface area contributed by atoms with E-state index in [4.69, 9.17) is 0 Å². The molecule has 1 saturated carbocycles. The maximum Gasteiger partial charge on any atom is 0.255 e. The van der Waals surface area contributed by atoms with Crippen LogP contribution in [0.5, 0.6) is 0 Å². The SMILES string of the molecule is CNC(=O)C(CCC=O)N1Cc2c(C#CCCN[C@H]3CC[C@@H](NC=O)CC3)cccc2C1=O. The first kappa shape index (κ1) is 24.5. The van der Waals surface area contributed by atoms with Crippen LogP contribution in [-0.2, 0) is 20.9 Å². The highest BCUT2D eigenvalue weighted by molar-refractivity contribution is 6.01. The van der Waals surface area contributed by atoms with E-state index in [1.54, 1.807) is 6.07 Å². The Hall–Kier alpha value is -3.18. The number of amides is 3. The molecule has 0 aromatic heterocycles. The molecule has 176 valence electrons. The standard InChI is InChI=1S/C25H32N4O4/c1-26-24(32)23(9-5-15-30)29-16-22-18(7-4-8-21(22)25(29)33)6-2-3-14-27-19-10-12-20(13-11-19)28-17-31/h4,7-8,15,17,19-20,23,27H,3,5,9-14,16H2,1H3,(H,26,32)(H,28,31)/t19-,20+,23?. The Balaban J connectivity index is 1.57. The zero-order valence-corrected chi connectivity index (χ0v) is 19.1. The molecule has 1 atom stereocenters. The molecule has 3 N–H and O–H groups in total. The molecular formula is C25H32N4O4. The van der Waals surface area contributed by atoms with Gasteiger partial charge in [-0.25, -0.2) is 0 Å². The van der Waals surface area contributed by atoms with Gasteiger partial charge in [0.1, 0.15) is 12.3 Å². The number of benzene rings is 1. The van der Waals surface area contributed by atoms with Crippen LogP contribution in [0.3, 0.4) is 0 Å². The van der Waals surface area contributed by atoms with E-state index in [1.165, 1.54) is 11.9 Å². The average Bonchev–Trinajstić information content (AvgIpc) is 3.17. The van der Waals surface area contributed by atoms with Crippen LogP contribution < -0.4 is 16.0 Å². The molecule has 1 aliphatic carbocycles. The maximum atomic E-state index is 13.0. The van der Waals surface area contributed by atoms with Gasteiger partial charge in [0.25, 0.3) is 5.91 Å². The van der Waals surface area contributed by atoms with Crippen molar-refractivity contribution in [3.8, 4) is 11.8 Å². The Morgan fingerprint density at radius 3 is 2.67 bits per heavy atom. The number of likely N-dealkylation sites (N-methyl/N-ethyl adjacent to an activating group) is 1. The third-order valence-electron chi connectivity index (χ3n) is 6.42. The summed E-state index contributed by atoms with van der Waals surface area (Å²) in [6.07, 6.45) is 6.82. The Morgan fingerprint density at radius 2 is 1.97 bits per heavy atom. The van der Waals surface area contributed by atoms with Crippen LogP contribution in [0.1, 0.15) is 66.4 Å². The first-order chi connectivity index (χ1) is 16.1. The zero-order valence-electron chi connectivity index (χ0n) is 19.1. The molecule has 1 aromatic rings. The largest absolute Gasteiger partial charge is 0.357 e. The van der Waals surface area contributed by atoms with Gasteiger partial charge in [0.05, 0.1) is 0 Å². The predicted molar refractivity (Wildman–Crippen MR) is 124 cm³/mol. The van der Waals surface area contributed by atoms with Crippen LogP contribution in [0.2, 0.25) is 0 Å². The lowest BCUT2D eigenvalue weighted by Crippen LogP contribution is -2.46. The number of nitrogens with zero attached hydrogens (tertiary/aromatic N) is 1. The topological polar surface area (TPSA) is 108 Å². The second-order valence-electron chi connectivity index (χ2n) is 8.48. The summed E-state index contributed by atoms with van der Waals surface area (Å²) >= 11 is 0. The molecule has 1 aliphatic heterocycles. The normalized spacial score (nSPS) is 20.3. The third kappa shape index (κ3) is 6.20. The summed E-state index contributed by atoms with van der Waals surface area (Å²) in [5.41, 5.74) is 2.21. The Kier molecular flexibility index (Phi) is 9.02. The van der Waals surface area contributed by atoms with Crippen molar-refractivity contribution >= 4 is 24.5 Å². The van der Waals surface area contributed by atoms with Crippen molar-refractivity contribution in [2.24, 2.45) is 0 Å². The molecule has 8 nitrogen and oxygen atoms in total. The smallest absolute Gasteiger partial charge is 0.255 e. The maximum absolute atomic E-state index is 13.0. The molecule has 33 heavy (non-hydrogen) atoms. The molecule has 1 fully saturated rings. The first-order valence-corrected chi connectivity index (χ1v) is 11.6.